The van der Waals surface area contributed by atoms with Gasteiger partial charge in [0, 0.05) is 19.6 Å². The predicted octanol–water partition coefficient (Wildman–Crippen LogP) is 1.66. The summed E-state index contributed by atoms with van der Waals surface area (Å²) >= 11 is 11.9. The highest BCUT2D eigenvalue weighted by Gasteiger charge is 2.08. The van der Waals surface area contributed by atoms with E-state index < -0.39 is 0 Å². The molecule has 0 heterocycles. The molecule has 0 aliphatic heterocycles. The fourth-order valence-electron chi connectivity index (χ4n) is 1.52. The Morgan fingerprint density at radius 2 is 1.56 bits per heavy atom. The van der Waals surface area contributed by atoms with Crippen LogP contribution in [0.5, 0.6) is 5.75 Å². The zero-order valence-corrected chi connectivity index (χ0v) is 11.5. The van der Waals surface area contributed by atoms with Crippen molar-refractivity contribution in [2.24, 2.45) is 0 Å². The van der Waals surface area contributed by atoms with Crippen LogP contribution in [-0.4, -0.2) is 54.6 Å². The van der Waals surface area contributed by atoms with Crippen molar-refractivity contribution in [2.75, 3.05) is 39.5 Å². The molecule has 0 aliphatic rings. The Bertz CT molecular complexity index is 337. The van der Waals surface area contributed by atoms with Crippen molar-refractivity contribution in [2.45, 2.75) is 0 Å². The average Bonchev–Trinajstić information content (AvgIpc) is 2.33. The second-order valence-corrected chi connectivity index (χ2v) is 4.50. The van der Waals surface area contributed by atoms with E-state index in [4.69, 9.17) is 38.2 Å². The van der Waals surface area contributed by atoms with Crippen LogP contribution in [0.15, 0.2) is 18.2 Å². The van der Waals surface area contributed by atoms with E-state index >= 15 is 0 Å². The van der Waals surface area contributed by atoms with E-state index in [0.717, 1.165) is 0 Å². The average molecular weight is 294 g/mol. The van der Waals surface area contributed by atoms with Crippen molar-refractivity contribution in [3.8, 4) is 5.75 Å². The van der Waals surface area contributed by atoms with Crippen molar-refractivity contribution in [3.63, 3.8) is 0 Å². The van der Waals surface area contributed by atoms with Gasteiger partial charge in [0.15, 0.2) is 5.75 Å². The number of aliphatic hydroxyl groups is 2. The van der Waals surface area contributed by atoms with E-state index in [1.165, 1.54) is 0 Å². The number of aliphatic hydroxyl groups excluding tert-OH is 2. The molecule has 1 aromatic rings. The molecule has 2 N–H and O–H groups in total. The number of para-hydroxylation sites is 1. The molecule has 0 spiro atoms. The van der Waals surface area contributed by atoms with E-state index in [1.807, 2.05) is 4.90 Å². The molecule has 1 aromatic carbocycles. The summed E-state index contributed by atoms with van der Waals surface area (Å²) in [7, 11) is 0. The third-order valence-corrected chi connectivity index (χ3v) is 3.00. The van der Waals surface area contributed by atoms with E-state index in [1.54, 1.807) is 18.2 Å². The van der Waals surface area contributed by atoms with Gasteiger partial charge in [0.2, 0.25) is 0 Å². The maximum absolute atomic E-state index is 8.86. The Hall–Kier alpha value is -0.520. The lowest BCUT2D eigenvalue weighted by atomic mass is 10.3. The molecule has 0 amide bonds. The lowest BCUT2D eigenvalue weighted by Gasteiger charge is -2.20. The van der Waals surface area contributed by atoms with Crippen molar-refractivity contribution in [1.29, 1.82) is 0 Å². The van der Waals surface area contributed by atoms with Gasteiger partial charge in [-0.2, -0.15) is 0 Å². The third kappa shape index (κ3) is 5.00. The topological polar surface area (TPSA) is 52.9 Å². The standard InChI is InChI=1S/C12H17Cl2NO3/c13-10-2-1-3-11(14)12(10)18-9-6-15(4-7-16)5-8-17/h1-3,16-17H,4-9H2. The van der Waals surface area contributed by atoms with Gasteiger partial charge >= 0.3 is 0 Å². The lowest BCUT2D eigenvalue weighted by Crippen LogP contribution is -2.33. The summed E-state index contributed by atoms with van der Waals surface area (Å²) in [5, 5.41) is 18.7. The Morgan fingerprint density at radius 1 is 1.00 bits per heavy atom. The van der Waals surface area contributed by atoms with E-state index in [9.17, 15) is 0 Å². The summed E-state index contributed by atoms with van der Waals surface area (Å²) in [6.45, 7) is 2.08. The van der Waals surface area contributed by atoms with Crippen LogP contribution in [0.1, 0.15) is 0 Å². The summed E-state index contributed by atoms with van der Waals surface area (Å²) in [6.07, 6.45) is 0. The molecule has 18 heavy (non-hydrogen) atoms. The molecule has 0 fully saturated rings. The van der Waals surface area contributed by atoms with Gasteiger partial charge in [-0.15, -0.1) is 0 Å². The first-order chi connectivity index (χ1) is 8.69. The van der Waals surface area contributed by atoms with E-state index in [2.05, 4.69) is 0 Å². The molecule has 0 aliphatic carbocycles. The molecular formula is C12H17Cl2NO3. The molecule has 1 rings (SSSR count). The predicted molar refractivity (Wildman–Crippen MR) is 72.6 cm³/mol. The van der Waals surface area contributed by atoms with Crippen LogP contribution in [0.4, 0.5) is 0 Å². The molecule has 0 saturated heterocycles. The van der Waals surface area contributed by atoms with Gasteiger partial charge in [-0.05, 0) is 12.1 Å². The first-order valence-corrected chi connectivity index (χ1v) is 6.45. The van der Waals surface area contributed by atoms with Crippen LogP contribution in [-0.2, 0) is 0 Å². The van der Waals surface area contributed by atoms with Crippen LogP contribution in [0.25, 0.3) is 0 Å². The van der Waals surface area contributed by atoms with Crippen molar-refractivity contribution in [1.82, 2.24) is 4.90 Å². The number of rotatable bonds is 8. The minimum Gasteiger partial charge on any atom is -0.489 e. The van der Waals surface area contributed by atoms with Crippen LogP contribution < -0.4 is 4.74 Å². The van der Waals surface area contributed by atoms with Crippen molar-refractivity contribution < 1.29 is 14.9 Å². The first-order valence-electron chi connectivity index (χ1n) is 5.70. The minimum absolute atomic E-state index is 0.0485. The highest BCUT2D eigenvalue weighted by molar-refractivity contribution is 6.37. The molecular weight excluding hydrogens is 277 g/mol. The molecule has 0 aromatic heterocycles. The zero-order valence-electron chi connectivity index (χ0n) is 9.98. The number of ether oxygens (including phenoxy) is 1. The van der Waals surface area contributed by atoms with Gasteiger partial charge in [-0.1, -0.05) is 29.3 Å². The first kappa shape index (κ1) is 15.5. The molecule has 4 nitrogen and oxygen atoms in total. The van der Waals surface area contributed by atoms with Crippen LogP contribution in [0.2, 0.25) is 10.0 Å². The van der Waals surface area contributed by atoms with Crippen LogP contribution in [0, 0.1) is 0 Å². The highest BCUT2D eigenvalue weighted by atomic mass is 35.5. The Labute approximate surface area is 117 Å². The second-order valence-electron chi connectivity index (χ2n) is 3.69. The summed E-state index contributed by atoms with van der Waals surface area (Å²) in [5.74, 6) is 0.466. The smallest absolute Gasteiger partial charge is 0.156 e. The number of hydrogen-bond acceptors (Lipinski definition) is 4. The van der Waals surface area contributed by atoms with Crippen LogP contribution in [0.3, 0.4) is 0 Å². The quantitative estimate of drug-likeness (QED) is 0.765. The summed E-state index contributed by atoms with van der Waals surface area (Å²) in [4.78, 5) is 1.89. The maximum atomic E-state index is 8.86. The Balaban J connectivity index is 2.44. The summed E-state index contributed by atoms with van der Waals surface area (Å²) in [5.41, 5.74) is 0. The largest absolute Gasteiger partial charge is 0.489 e. The molecule has 0 bridgehead atoms. The van der Waals surface area contributed by atoms with E-state index in [-0.39, 0.29) is 13.2 Å². The second kappa shape index (κ2) is 8.56. The monoisotopic (exact) mass is 293 g/mol. The third-order valence-electron chi connectivity index (χ3n) is 2.41. The SMILES string of the molecule is OCCN(CCO)CCOc1c(Cl)cccc1Cl. The number of halogens is 2. The minimum atomic E-state index is 0.0485. The lowest BCUT2D eigenvalue weighted by molar-refractivity contribution is 0.141. The van der Waals surface area contributed by atoms with Gasteiger partial charge in [0.1, 0.15) is 6.61 Å². The van der Waals surface area contributed by atoms with Gasteiger partial charge in [0.05, 0.1) is 23.3 Å². The fraction of sp³-hybridized carbons (Fsp3) is 0.500. The summed E-state index contributed by atoms with van der Waals surface area (Å²) in [6, 6.07) is 5.17. The van der Waals surface area contributed by atoms with Crippen molar-refractivity contribution >= 4 is 23.2 Å². The Morgan fingerprint density at radius 3 is 2.06 bits per heavy atom. The number of nitrogens with zero attached hydrogens (tertiary/aromatic N) is 1. The zero-order chi connectivity index (χ0) is 13.4. The normalized spacial score (nSPS) is 10.9. The van der Waals surface area contributed by atoms with Crippen LogP contribution >= 0.6 is 23.2 Å². The van der Waals surface area contributed by atoms with Gasteiger partial charge in [0.25, 0.3) is 0 Å². The van der Waals surface area contributed by atoms with Gasteiger partial charge in [-0.25, -0.2) is 0 Å². The molecule has 6 heteroatoms. The Kier molecular flexibility index (Phi) is 7.39. The highest BCUT2D eigenvalue weighted by Crippen LogP contribution is 2.32. The van der Waals surface area contributed by atoms with Crippen molar-refractivity contribution in [3.05, 3.63) is 28.2 Å². The maximum Gasteiger partial charge on any atom is 0.156 e. The number of hydrogen-bond donors (Lipinski definition) is 2. The fourth-order valence-corrected chi connectivity index (χ4v) is 2.02. The number of benzene rings is 1. The van der Waals surface area contributed by atoms with E-state index in [0.29, 0.717) is 42.0 Å². The molecule has 0 atom stereocenters. The molecule has 0 unspecified atom stereocenters. The van der Waals surface area contributed by atoms with Gasteiger partial charge < -0.3 is 14.9 Å². The summed E-state index contributed by atoms with van der Waals surface area (Å²) < 4.78 is 5.52. The molecule has 102 valence electrons. The molecule has 0 saturated carbocycles. The van der Waals surface area contributed by atoms with Gasteiger partial charge in [-0.3, -0.25) is 4.90 Å². The molecule has 0 radical (unpaired) electrons.